The first-order valence-electron chi connectivity index (χ1n) is 8.88. The van der Waals surface area contributed by atoms with E-state index in [-0.39, 0.29) is 5.97 Å². The van der Waals surface area contributed by atoms with Gasteiger partial charge in [0.05, 0.1) is 17.7 Å². The third-order valence-corrected chi connectivity index (χ3v) is 6.13. The lowest BCUT2D eigenvalue weighted by Gasteiger charge is -2.28. The lowest BCUT2D eigenvalue weighted by molar-refractivity contribution is 0.0526. The second kappa shape index (κ2) is 8.68. The Labute approximate surface area is 159 Å². The Kier molecular flexibility index (Phi) is 6.86. The molecule has 2 rings (SSSR count). The third-order valence-electron chi connectivity index (χ3n) is 4.71. The average molecular weight is 379 g/mol. The van der Waals surface area contributed by atoms with E-state index in [0.29, 0.717) is 17.3 Å². The van der Waals surface area contributed by atoms with Crippen molar-refractivity contribution in [2.24, 2.45) is 0 Å². The van der Waals surface area contributed by atoms with Crippen LogP contribution in [0.25, 0.3) is 0 Å². The Morgan fingerprint density at radius 3 is 2.60 bits per heavy atom. The largest absolute Gasteiger partial charge is 0.462 e. The van der Waals surface area contributed by atoms with Gasteiger partial charge in [0.15, 0.2) is 5.11 Å². The number of thiocarbonyl (C=S) groups is 1. The van der Waals surface area contributed by atoms with Gasteiger partial charge in [-0.25, -0.2) is 4.79 Å². The number of fused-ring (bicyclic) bond motifs is 1. The predicted molar refractivity (Wildman–Crippen MR) is 108 cm³/mol. The molecule has 2 N–H and O–H groups in total. The molecule has 1 aliphatic carbocycles. The molecule has 25 heavy (non-hydrogen) atoms. The van der Waals surface area contributed by atoms with Crippen molar-refractivity contribution in [3.8, 4) is 12.3 Å². The van der Waals surface area contributed by atoms with Gasteiger partial charge in [-0.1, -0.05) is 19.8 Å². The zero-order chi connectivity index (χ0) is 18.4. The molecule has 0 bridgehead atoms. The Hall–Kier alpha value is -1.58. The predicted octanol–water partition coefficient (Wildman–Crippen LogP) is 4.28. The van der Waals surface area contributed by atoms with Crippen LogP contribution in [0, 0.1) is 12.3 Å². The first kappa shape index (κ1) is 19.7. The summed E-state index contributed by atoms with van der Waals surface area (Å²) in [5.74, 6) is 2.53. The molecule has 0 spiro atoms. The van der Waals surface area contributed by atoms with E-state index >= 15 is 0 Å². The molecule has 0 aliphatic heterocycles. The maximum Gasteiger partial charge on any atom is 0.341 e. The molecule has 0 fully saturated rings. The van der Waals surface area contributed by atoms with Crippen LogP contribution in [0.1, 0.15) is 67.3 Å². The smallest absolute Gasteiger partial charge is 0.341 e. The summed E-state index contributed by atoms with van der Waals surface area (Å²) in [6, 6.07) is 0. The number of anilines is 1. The van der Waals surface area contributed by atoms with Gasteiger partial charge in [0.1, 0.15) is 5.00 Å². The van der Waals surface area contributed by atoms with Crippen LogP contribution in [0.4, 0.5) is 5.00 Å². The van der Waals surface area contributed by atoms with Gasteiger partial charge >= 0.3 is 5.97 Å². The number of esters is 1. The second-order valence-electron chi connectivity index (χ2n) is 6.15. The summed E-state index contributed by atoms with van der Waals surface area (Å²) in [6.45, 7) is 6.25. The average Bonchev–Trinajstić information content (AvgIpc) is 2.97. The van der Waals surface area contributed by atoms with Crippen molar-refractivity contribution in [3.63, 3.8) is 0 Å². The molecule has 0 unspecified atom stereocenters. The first-order chi connectivity index (χ1) is 12.0. The van der Waals surface area contributed by atoms with Gasteiger partial charge in [0.25, 0.3) is 0 Å². The van der Waals surface area contributed by atoms with E-state index in [4.69, 9.17) is 23.4 Å². The molecule has 0 aromatic carbocycles. The molecule has 1 heterocycles. The summed E-state index contributed by atoms with van der Waals surface area (Å²) in [5, 5.41) is 7.67. The number of carbonyl (C=O) groups is 1. The Bertz CT molecular complexity index is 684. The second-order valence-corrected chi connectivity index (χ2v) is 7.66. The van der Waals surface area contributed by atoms with Crippen LogP contribution < -0.4 is 10.6 Å². The number of hydrogen-bond acceptors (Lipinski definition) is 4. The van der Waals surface area contributed by atoms with E-state index in [1.54, 1.807) is 11.3 Å². The van der Waals surface area contributed by atoms with Crippen LogP contribution in [-0.4, -0.2) is 23.2 Å². The van der Waals surface area contributed by atoms with Gasteiger partial charge in [-0.2, -0.15) is 0 Å². The summed E-state index contributed by atoms with van der Waals surface area (Å²) in [6.07, 6.45) is 11.4. The molecule has 0 saturated heterocycles. The molecular formula is C19H26N2O2S2. The van der Waals surface area contributed by atoms with E-state index in [2.05, 4.69) is 16.6 Å². The lowest BCUT2D eigenvalue weighted by Crippen LogP contribution is -2.48. The maximum atomic E-state index is 12.5. The molecule has 0 amide bonds. The maximum absolute atomic E-state index is 12.5. The van der Waals surface area contributed by atoms with Crippen molar-refractivity contribution in [2.75, 3.05) is 11.9 Å². The van der Waals surface area contributed by atoms with Gasteiger partial charge in [-0.15, -0.1) is 17.8 Å². The highest BCUT2D eigenvalue weighted by Crippen LogP contribution is 2.38. The van der Waals surface area contributed by atoms with Crippen molar-refractivity contribution in [1.82, 2.24) is 5.32 Å². The highest BCUT2D eigenvalue weighted by molar-refractivity contribution is 7.80. The third kappa shape index (κ3) is 4.34. The highest BCUT2D eigenvalue weighted by atomic mass is 32.1. The van der Waals surface area contributed by atoms with Crippen LogP contribution >= 0.6 is 23.6 Å². The number of terminal acetylenes is 1. The summed E-state index contributed by atoms with van der Waals surface area (Å²) in [4.78, 5) is 13.7. The number of carbonyl (C=O) groups excluding carboxylic acids is 1. The molecule has 0 radical (unpaired) electrons. The van der Waals surface area contributed by atoms with Gasteiger partial charge in [0.2, 0.25) is 0 Å². The van der Waals surface area contributed by atoms with Crippen LogP contribution in [0.15, 0.2) is 0 Å². The molecule has 0 atom stereocenters. The van der Waals surface area contributed by atoms with E-state index in [1.807, 2.05) is 20.8 Å². The van der Waals surface area contributed by atoms with Crippen molar-refractivity contribution in [2.45, 2.75) is 64.8 Å². The minimum Gasteiger partial charge on any atom is -0.462 e. The minimum atomic E-state index is -0.467. The van der Waals surface area contributed by atoms with E-state index in [1.165, 1.54) is 4.88 Å². The monoisotopic (exact) mass is 378 g/mol. The lowest BCUT2D eigenvalue weighted by atomic mass is 9.94. The van der Waals surface area contributed by atoms with Crippen molar-refractivity contribution >= 4 is 39.6 Å². The number of ether oxygens (including phenoxy) is 1. The van der Waals surface area contributed by atoms with Gasteiger partial charge in [-0.3, -0.25) is 0 Å². The summed E-state index contributed by atoms with van der Waals surface area (Å²) in [7, 11) is 0. The van der Waals surface area contributed by atoms with Crippen LogP contribution in [-0.2, 0) is 17.6 Å². The summed E-state index contributed by atoms with van der Waals surface area (Å²) in [5.41, 5.74) is 1.30. The van der Waals surface area contributed by atoms with Gasteiger partial charge in [0, 0.05) is 4.88 Å². The number of hydrogen-bond donors (Lipinski definition) is 2. The standard InChI is InChI=1S/C19H26N2O2S2/c1-5-19(6-2,7-3)21-18(24)20-16-15(17(22)23-8-4)13-11-9-10-12-14(13)25-16/h1H,6-12H2,2-4H3,(H2,20,21,24). The van der Waals surface area contributed by atoms with Crippen molar-refractivity contribution in [3.05, 3.63) is 16.0 Å². The number of nitrogens with one attached hydrogen (secondary N) is 2. The first-order valence-corrected chi connectivity index (χ1v) is 10.1. The Morgan fingerprint density at radius 2 is 2.00 bits per heavy atom. The molecule has 1 aromatic rings. The van der Waals surface area contributed by atoms with Gasteiger partial charge < -0.3 is 15.4 Å². The molecule has 136 valence electrons. The minimum absolute atomic E-state index is 0.276. The normalized spacial score (nSPS) is 13.5. The molecular weight excluding hydrogens is 352 g/mol. The SMILES string of the molecule is C#CC(CC)(CC)NC(=S)Nc1sc2c(c1C(=O)OCC)CCCC2. The zero-order valence-corrected chi connectivity index (χ0v) is 16.8. The molecule has 1 aromatic heterocycles. The molecule has 6 heteroatoms. The van der Waals surface area contributed by atoms with E-state index < -0.39 is 5.54 Å². The molecule has 0 saturated carbocycles. The fourth-order valence-corrected chi connectivity index (χ4v) is 4.74. The Balaban J connectivity index is 2.27. The number of rotatable bonds is 6. The topological polar surface area (TPSA) is 50.4 Å². The van der Waals surface area contributed by atoms with Gasteiger partial charge in [-0.05, 0) is 63.2 Å². The van der Waals surface area contributed by atoms with Crippen molar-refractivity contribution in [1.29, 1.82) is 0 Å². The molecule has 1 aliphatic rings. The summed E-state index contributed by atoms with van der Waals surface area (Å²) >= 11 is 7.07. The fraction of sp³-hybridized carbons (Fsp3) is 0.579. The quantitative estimate of drug-likeness (QED) is 0.439. The van der Waals surface area contributed by atoms with E-state index in [9.17, 15) is 4.79 Å². The van der Waals surface area contributed by atoms with Crippen LogP contribution in [0.2, 0.25) is 0 Å². The van der Waals surface area contributed by atoms with Crippen LogP contribution in [0.5, 0.6) is 0 Å². The Morgan fingerprint density at radius 1 is 1.32 bits per heavy atom. The fourth-order valence-electron chi connectivity index (χ4n) is 3.09. The zero-order valence-electron chi connectivity index (χ0n) is 15.2. The van der Waals surface area contributed by atoms with Crippen molar-refractivity contribution < 1.29 is 9.53 Å². The highest BCUT2D eigenvalue weighted by Gasteiger charge is 2.28. The van der Waals surface area contributed by atoms with Crippen LogP contribution in [0.3, 0.4) is 0 Å². The number of thiophene rings is 1. The number of aryl methyl sites for hydroxylation is 1. The molecule has 4 nitrogen and oxygen atoms in total. The summed E-state index contributed by atoms with van der Waals surface area (Å²) < 4.78 is 5.27. The van der Waals surface area contributed by atoms with E-state index in [0.717, 1.165) is 49.1 Å².